The smallest absolute Gasteiger partial charge is 0.167 e. The van der Waals surface area contributed by atoms with Crippen molar-refractivity contribution < 1.29 is 8.78 Å². The van der Waals surface area contributed by atoms with Gasteiger partial charge in [0.05, 0.1) is 0 Å². The van der Waals surface area contributed by atoms with Crippen molar-refractivity contribution in [1.29, 1.82) is 0 Å². The van der Waals surface area contributed by atoms with E-state index in [-0.39, 0.29) is 11.1 Å². The first-order valence-corrected chi connectivity index (χ1v) is 7.53. The molecule has 3 heteroatoms. The summed E-state index contributed by atoms with van der Waals surface area (Å²) in [6.07, 6.45) is 0.910. The van der Waals surface area contributed by atoms with Gasteiger partial charge in [0.25, 0.3) is 0 Å². The lowest BCUT2D eigenvalue weighted by Gasteiger charge is -2.10. The molecule has 2 N–H and O–H groups in total. The Balaban J connectivity index is 2.04. The molecule has 0 aliphatic heterocycles. The molecule has 0 saturated carbocycles. The monoisotopic (exact) mass is 309 g/mol. The molecule has 3 rings (SSSR count). The molecule has 3 aromatic carbocycles. The maximum atomic E-state index is 14.5. The Hall–Kier alpha value is -2.68. The molecule has 0 atom stereocenters. The van der Waals surface area contributed by atoms with Crippen LogP contribution >= 0.6 is 0 Å². The summed E-state index contributed by atoms with van der Waals surface area (Å²) in [4.78, 5) is 0. The SMILES string of the molecule is CCc1ccc(-c2ccc(-c3ccc(N)cc3)c(F)c2F)cc1. The van der Waals surface area contributed by atoms with Gasteiger partial charge < -0.3 is 5.73 Å². The lowest BCUT2D eigenvalue weighted by molar-refractivity contribution is 0.514. The molecule has 0 aliphatic carbocycles. The van der Waals surface area contributed by atoms with Crippen LogP contribution in [-0.4, -0.2) is 0 Å². The minimum absolute atomic E-state index is 0.233. The topological polar surface area (TPSA) is 26.0 Å². The third kappa shape index (κ3) is 2.95. The van der Waals surface area contributed by atoms with Crippen molar-refractivity contribution in [2.45, 2.75) is 13.3 Å². The molecule has 0 heterocycles. The van der Waals surface area contributed by atoms with E-state index in [0.717, 1.165) is 12.0 Å². The fourth-order valence-corrected chi connectivity index (χ4v) is 2.58. The molecule has 0 unspecified atom stereocenters. The lowest BCUT2D eigenvalue weighted by atomic mass is 9.98. The van der Waals surface area contributed by atoms with Gasteiger partial charge in [-0.2, -0.15) is 0 Å². The van der Waals surface area contributed by atoms with Crippen LogP contribution in [0, 0.1) is 11.6 Å². The van der Waals surface area contributed by atoms with Crippen LogP contribution in [0.2, 0.25) is 0 Å². The summed E-state index contributed by atoms with van der Waals surface area (Å²) in [5.41, 5.74) is 9.14. The van der Waals surface area contributed by atoms with Gasteiger partial charge in [0.1, 0.15) is 0 Å². The fourth-order valence-electron chi connectivity index (χ4n) is 2.58. The first kappa shape index (κ1) is 15.2. The van der Waals surface area contributed by atoms with E-state index in [1.807, 2.05) is 24.3 Å². The molecule has 1 nitrogen and oxygen atoms in total. The zero-order chi connectivity index (χ0) is 16.4. The maximum Gasteiger partial charge on any atom is 0.167 e. The lowest BCUT2D eigenvalue weighted by Crippen LogP contribution is -1.94. The molecule has 0 aromatic heterocycles. The van der Waals surface area contributed by atoms with Crippen LogP contribution in [-0.2, 0) is 6.42 Å². The zero-order valence-corrected chi connectivity index (χ0v) is 12.8. The second-order valence-electron chi connectivity index (χ2n) is 5.46. The van der Waals surface area contributed by atoms with Crippen LogP contribution in [0.25, 0.3) is 22.3 Å². The number of nitrogens with two attached hydrogens (primary N) is 1. The largest absolute Gasteiger partial charge is 0.399 e. The Morgan fingerprint density at radius 3 is 1.57 bits per heavy atom. The van der Waals surface area contributed by atoms with Gasteiger partial charge in [-0.15, -0.1) is 0 Å². The summed E-state index contributed by atoms with van der Waals surface area (Å²) >= 11 is 0. The Bertz CT molecular complexity index is 822. The minimum atomic E-state index is -0.841. The van der Waals surface area contributed by atoms with Crippen molar-refractivity contribution in [1.82, 2.24) is 0 Å². The van der Waals surface area contributed by atoms with E-state index in [9.17, 15) is 8.78 Å². The summed E-state index contributed by atoms with van der Waals surface area (Å²) in [7, 11) is 0. The number of halogens is 2. The number of benzene rings is 3. The second-order valence-corrected chi connectivity index (χ2v) is 5.46. The third-order valence-corrected chi connectivity index (χ3v) is 3.98. The van der Waals surface area contributed by atoms with Crippen molar-refractivity contribution in [2.24, 2.45) is 0 Å². The molecule has 3 aromatic rings. The Morgan fingerprint density at radius 1 is 0.696 bits per heavy atom. The van der Waals surface area contributed by atoms with Gasteiger partial charge >= 0.3 is 0 Å². The normalized spacial score (nSPS) is 10.7. The first-order valence-electron chi connectivity index (χ1n) is 7.53. The van der Waals surface area contributed by atoms with Crippen LogP contribution in [0.3, 0.4) is 0 Å². The van der Waals surface area contributed by atoms with Crippen LogP contribution in [0.4, 0.5) is 14.5 Å². The molecular formula is C20H17F2N. The molecule has 23 heavy (non-hydrogen) atoms. The summed E-state index contributed by atoms with van der Waals surface area (Å²) in [6, 6.07) is 17.4. The summed E-state index contributed by atoms with van der Waals surface area (Å²) in [5, 5.41) is 0. The van der Waals surface area contributed by atoms with Gasteiger partial charge in [0.15, 0.2) is 11.6 Å². The Morgan fingerprint density at radius 2 is 1.13 bits per heavy atom. The minimum Gasteiger partial charge on any atom is -0.399 e. The van der Waals surface area contributed by atoms with Crippen molar-refractivity contribution in [3.63, 3.8) is 0 Å². The average molecular weight is 309 g/mol. The zero-order valence-electron chi connectivity index (χ0n) is 12.8. The van der Waals surface area contributed by atoms with E-state index in [2.05, 4.69) is 6.92 Å². The van der Waals surface area contributed by atoms with Crippen LogP contribution in [0.15, 0.2) is 60.7 Å². The number of hydrogen-bond donors (Lipinski definition) is 1. The van der Waals surface area contributed by atoms with Gasteiger partial charge in [0, 0.05) is 16.8 Å². The Labute approximate surface area is 134 Å². The van der Waals surface area contributed by atoms with E-state index in [0.29, 0.717) is 16.8 Å². The number of anilines is 1. The highest BCUT2D eigenvalue weighted by Crippen LogP contribution is 2.31. The third-order valence-electron chi connectivity index (χ3n) is 3.98. The molecule has 0 fully saturated rings. The molecule has 116 valence electrons. The summed E-state index contributed by atoms with van der Waals surface area (Å²) < 4.78 is 29.0. The van der Waals surface area contributed by atoms with Crippen LogP contribution in [0.5, 0.6) is 0 Å². The maximum absolute atomic E-state index is 14.5. The van der Waals surface area contributed by atoms with Crippen molar-refractivity contribution in [2.75, 3.05) is 5.73 Å². The molecule has 0 amide bonds. The van der Waals surface area contributed by atoms with Gasteiger partial charge in [-0.25, -0.2) is 8.78 Å². The van der Waals surface area contributed by atoms with Gasteiger partial charge in [-0.1, -0.05) is 55.5 Å². The van der Waals surface area contributed by atoms with E-state index in [1.54, 1.807) is 36.4 Å². The molecule has 0 spiro atoms. The second kappa shape index (κ2) is 6.21. The number of aryl methyl sites for hydroxylation is 1. The molecule has 0 saturated heterocycles. The predicted molar refractivity (Wildman–Crippen MR) is 91.0 cm³/mol. The van der Waals surface area contributed by atoms with E-state index in [1.165, 1.54) is 0 Å². The van der Waals surface area contributed by atoms with Crippen molar-refractivity contribution in [3.8, 4) is 22.3 Å². The van der Waals surface area contributed by atoms with Crippen LogP contribution < -0.4 is 5.73 Å². The van der Waals surface area contributed by atoms with E-state index >= 15 is 0 Å². The molecule has 0 radical (unpaired) electrons. The standard InChI is InChI=1S/C20H17F2N/c1-2-13-3-5-14(6-4-13)17-11-12-18(20(22)19(17)21)15-7-9-16(23)10-8-15/h3-12H,2,23H2,1H3. The molecule has 0 aliphatic rings. The first-order chi connectivity index (χ1) is 11.1. The summed E-state index contributed by atoms with van der Waals surface area (Å²) in [6.45, 7) is 2.05. The molecule has 0 bridgehead atoms. The highest BCUT2D eigenvalue weighted by atomic mass is 19.2. The van der Waals surface area contributed by atoms with Crippen LogP contribution in [0.1, 0.15) is 12.5 Å². The van der Waals surface area contributed by atoms with E-state index < -0.39 is 11.6 Å². The van der Waals surface area contributed by atoms with E-state index in [4.69, 9.17) is 5.73 Å². The number of rotatable bonds is 3. The Kier molecular flexibility index (Phi) is 4.11. The predicted octanol–water partition coefficient (Wildman–Crippen LogP) is 5.44. The molecular weight excluding hydrogens is 292 g/mol. The van der Waals surface area contributed by atoms with Crippen molar-refractivity contribution >= 4 is 5.69 Å². The van der Waals surface area contributed by atoms with Gasteiger partial charge in [0.2, 0.25) is 0 Å². The highest BCUT2D eigenvalue weighted by Gasteiger charge is 2.15. The fraction of sp³-hybridized carbons (Fsp3) is 0.100. The highest BCUT2D eigenvalue weighted by molar-refractivity contribution is 5.72. The summed E-state index contributed by atoms with van der Waals surface area (Å²) in [5.74, 6) is -1.67. The van der Waals surface area contributed by atoms with Gasteiger partial charge in [-0.3, -0.25) is 0 Å². The number of hydrogen-bond acceptors (Lipinski definition) is 1. The van der Waals surface area contributed by atoms with Gasteiger partial charge in [-0.05, 0) is 35.2 Å². The number of nitrogen functional groups attached to an aromatic ring is 1. The van der Waals surface area contributed by atoms with Crippen molar-refractivity contribution in [3.05, 3.63) is 77.9 Å². The quantitative estimate of drug-likeness (QED) is 0.640. The average Bonchev–Trinajstić information content (AvgIpc) is 2.58.